The van der Waals surface area contributed by atoms with Gasteiger partial charge in [0.25, 0.3) is 0 Å². The number of nitrogens with zero attached hydrogens (tertiary/aromatic N) is 3. The Labute approximate surface area is 113 Å². The van der Waals surface area contributed by atoms with Gasteiger partial charge in [0, 0.05) is 25.8 Å². The van der Waals surface area contributed by atoms with Gasteiger partial charge in [-0.25, -0.2) is 0 Å². The van der Waals surface area contributed by atoms with Crippen molar-refractivity contribution in [2.75, 3.05) is 32.1 Å². The van der Waals surface area contributed by atoms with Crippen molar-refractivity contribution in [3.8, 4) is 11.8 Å². The van der Waals surface area contributed by atoms with Gasteiger partial charge in [-0.2, -0.15) is 5.26 Å². The Morgan fingerprint density at radius 3 is 2.63 bits per heavy atom. The first-order valence-electron chi connectivity index (χ1n) is 6.20. The largest absolute Gasteiger partial charge is 0.497 e. The summed E-state index contributed by atoms with van der Waals surface area (Å²) in [5.74, 6) is 0.782. The van der Waals surface area contributed by atoms with Crippen molar-refractivity contribution in [2.24, 2.45) is 0 Å². The number of ether oxygens (including phenoxy) is 1. The number of carbonyl (C=O) groups excluding carboxylic acids is 1. The van der Waals surface area contributed by atoms with E-state index in [0.717, 1.165) is 18.0 Å². The third-order valence-corrected chi connectivity index (χ3v) is 3.40. The van der Waals surface area contributed by atoms with Crippen LogP contribution in [0.1, 0.15) is 6.42 Å². The van der Waals surface area contributed by atoms with E-state index >= 15 is 0 Å². The molecule has 2 rings (SSSR count). The van der Waals surface area contributed by atoms with Crippen LogP contribution >= 0.6 is 0 Å². The molecule has 0 radical (unpaired) electrons. The Bertz CT molecular complexity index is 492. The summed E-state index contributed by atoms with van der Waals surface area (Å²) >= 11 is 0. The fourth-order valence-corrected chi connectivity index (χ4v) is 2.28. The number of methoxy groups -OCH3 is 1. The quantitative estimate of drug-likeness (QED) is 0.820. The number of carbonyl (C=O) groups is 1. The Morgan fingerprint density at radius 1 is 1.37 bits per heavy atom. The highest BCUT2D eigenvalue weighted by Crippen LogP contribution is 2.24. The summed E-state index contributed by atoms with van der Waals surface area (Å²) < 4.78 is 5.12. The van der Waals surface area contributed by atoms with E-state index in [1.54, 1.807) is 19.1 Å². The zero-order valence-electron chi connectivity index (χ0n) is 11.2. The number of hydrogen-bond acceptors (Lipinski definition) is 4. The van der Waals surface area contributed by atoms with Crippen LogP contribution in [0.4, 0.5) is 5.69 Å². The molecule has 1 aliphatic rings. The number of piperazine rings is 1. The van der Waals surface area contributed by atoms with Crippen LogP contribution in [0.25, 0.3) is 0 Å². The number of likely N-dealkylation sites (N-methyl/N-ethyl adjacent to an activating group) is 1. The monoisotopic (exact) mass is 259 g/mol. The highest BCUT2D eigenvalue weighted by Gasteiger charge is 2.32. The molecule has 1 unspecified atom stereocenters. The third kappa shape index (κ3) is 2.63. The highest BCUT2D eigenvalue weighted by molar-refractivity contribution is 5.86. The minimum atomic E-state index is -0.392. The summed E-state index contributed by atoms with van der Waals surface area (Å²) in [6, 6.07) is 9.27. The van der Waals surface area contributed by atoms with E-state index in [-0.39, 0.29) is 12.3 Å². The molecule has 0 N–H and O–H groups in total. The van der Waals surface area contributed by atoms with Crippen LogP contribution in [0.5, 0.6) is 5.75 Å². The van der Waals surface area contributed by atoms with Crippen molar-refractivity contribution in [2.45, 2.75) is 12.5 Å². The van der Waals surface area contributed by atoms with E-state index < -0.39 is 6.04 Å². The molecule has 0 aromatic heterocycles. The number of hydrogen-bond donors (Lipinski definition) is 0. The maximum absolute atomic E-state index is 12.1. The molecular weight excluding hydrogens is 242 g/mol. The molecule has 0 aliphatic carbocycles. The van der Waals surface area contributed by atoms with Crippen molar-refractivity contribution >= 4 is 11.6 Å². The Balaban J connectivity index is 2.25. The van der Waals surface area contributed by atoms with Crippen LogP contribution in [0.15, 0.2) is 24.3 Å². The van der Waals surface area contributed by atoms with Gasteiger partial charge in [-0.05, 0) is 24.3 Å². The maximum atomic E-state index is 12.1. The van der Waals surface area contributed by atoms with Gasteiger partial charge in [0.05, 0.1) is 19.6 Å². The molecule has 5 heteroatoms. The van der Waals surface area contributed by atoms with Crippen molar-refractivity contribution in [3.05, 3.63) is 24.3 Å². The van der Waals surface area contributed by atoms with Crippen molar-refractivity contribution in [3.63, 3.8) is 0 Å². The molecule has 0 saturated carbocycles. The second-order valence-electron chi connectivity index (χ2n) is 4.53. The number of anilines is 1. The second kappa shape index (κ2) is 5.61. The zero-order valence-corrected chi connectivity index (χ0v) is 11.2. The molecule has 1 atom stereocenters. The Kier molecular flexibility index (Phi) is 3.91. The SMILES string of the molecule is COc1ccc(N2CCN(C)C(=O)C2CC#N)cc1. The molecule has 100 valence electrons. The Morgan fingerprint density at radius 2 is 2.05 bits per heavy atom. The van der Waals surface area contributed by atoms with E-state index in [9.17, 15) is 4.79 Å². The predicted octanol–water partition coefficient (Wildman–Crippen LogP) is 1.26. The van der Waals surface area contributed by atoms with Gasteiger partial charge in [-0.3, -0.25) is 4.79 Å². The molecule has 1 saturated heterocycles. The standard InChI is InChI=1S/C14H17N3O2/c1-16-9-10-17(13(7-8-15)14(16)18)11-3-5-12(19-2)6-4-11/h3-6,13H,7,9-10H2,1-2H3. The molecule has 19 heavy (non-hydrogen) atoms. The topological polar surface area (TPSA) is 56.6 Å². The van der Waals surface area contributed by atoms with E-state index in [1.165, 1.54) is 0 Å². The maximum Gasteiger partial charge on any atom is 0.246 e. The van der Waals surface area contributed by atoms with Crippen LogP contribution in [-0.2, 0) is 4.79 Å². The average molecular weight is 259 g/mol. The fourth-order valence-electron chi connectivity index (χ4n) is 2.28. The van der Waals surface area contributed by atoms with Gasteiger partial charge in [0.15, 0.2) is 0 Å². The molecule has 5 nitrogen and oxygen atoms in total. The van der Waals surface area contributed by atoms with E-state index in [0.29, 0.717) is 6.54 Å². The number of rotatable bonds is 3. The summed E-state index contributed by atoms with van der Waals surface area (Å²) in [6.45, 7) is 1.41. The lowest BCUT2D eigenvalue weighted by Gasteiger charge is -2.39. The Hall–Kier alpha value is -2.22. The van der Waals surface area contributed by atoms with Gasteiger partial charge in [0.2, 0.25) is 5.91 Å². The molecule has 0 spiro atoms. The van der Waals surface area contributed by atoms with Crippen molar-refractivity contribution in [1.29, 1.82) is 5.26 Å². The lowest BCUT2D eigenvalue weighted by molar-refractivity contribution is -0.132. The number of amides is 1. The van der Waals surface area contributed by atoms with Gasteiger partial charge in [-0.15, -0.1) is 0 Å². The van der Waals surface area contributed by atoms with E-state index in [4.69, 9.17) is 10.00 Å². The molecule has 1 aliphatic heterocycles. The zero-order chi connectivity index (χ0) is 13.8. The summed E-state index contributed by atoms with van der Waals surface area (Å²) in [7, 11) is 3.39. The molecule has 1 fully saturated rings. The van der Waals surface area contributed by atoms with Crippen LogP contribution in [-0.4, -0.2) is 44.1 Å². The van der Waals surface area contributed by atoms with Crippen LogP contribution in [0, 0.1) is 11.3 Å². The normalized spacial score (nSPS) is 19.2. The van der Waals surface area contributed by atoms with Crippen LogP contribution in [0.3, 0.4) is 0 Å². The molecule has 1 amide bonds. The van der Waals surface area contributed by atoms with Gasteiger partial charge in [-0.1, -0.05) is 0 Å². The smallest absolute Gasteiger partial charge is 0.246 e. The number of benzene rings is 1. The van der Waals surface area contributed by atoms with E-state index in [1.807, 2.05) is 29.2 Å². The lowest BCUT2D eigenvalue weighted by Crippen LogP contribution is -2.55. The first-order valence-corrected chi connectivity index (χ1v) is 6.20. The van der Waals surface area contributed by atoms with Gasteiger partial charge >= 0.3 is 0 Å². The first-order chi connectivity index (χ1) is 9.17. The minimum absolute atomic E-state index is 0.00335. The molecular formula is C14H17N3O2. The lowest BCUT2D eigenvalue weighted by atomic mass is 10.1. The molecule has 0 bridgehead atoms. The van der Waals surface area contributed by atoms with Gasteiger partial charge < -0.3 is 14.5 Å². The van der Waals surface area contributed by atoms with Crippen molar-refractivity contribution in [1.82, 2.24) is 4.90 Å². The van der Waals surface area contributed by atoms with Crippen LogP contribution in [0.2, 0.25) is 0 Å². The summed E-state index contributed by atoms with van der Waals surface area (Å²) in [4.78, 5) is 15.8. The molecule has 1 aromatic carbocycles. The highest BCUT2D eigenvalue weighted by atomic mass is 16.5. The van der Waals surface area contributed by atoms with Crippen molar-refractivity contribution < 1.29 is 9.53 Å². The minimum Gasteiger partial charge on any atom is -0.497 e. The summed E-state index contributed by atoms with van der Waals surface area (Å²) in [5.41, 5.74) is 0.947. The fraction of sp³-hybridized carbons (Fsp3) is 0.429. The van der Waals surface area contributed by atoms with Crippen LogP contribution < -0.4 is 9.64 Å². The summed E-state index contributed by atoms with van der Waals surface area (Å²) in [5, 5.41) is 8.90. The van der Waals surface area contributed by atoms with E-state index in [2.05, 4.69) is 6.07 Å². The number of nitriles is 1. The second-order valence-corrected chi connectivity index (χ2v) is 4.53. The summed E-state index contributed by atoms with van der Waals surface area (Å²) in [6.07, 6.45) is 0.204. The predicted molar refractivity (Wildman–Crippen MR) is 72.0 cm³/mol. The molecule has 1 heterocycles. The molecule has 1 aromatic rings. The first kappa shape index (κ1) is 13.2. The van der Waals surface area contributed by atoms with Gasteiger partial charge in [0.1, 0.15) is 11.8 Å². The average Bonchev–Trinajstić information content (AvgIpc) is 2.44. The third-order valence-electron chi connectivity index (χ3n) is 3.40.